The first kappa shape index (κ1) is 23.7. The summed E-state index contributed by atoms with van der Waals surface area (Å²) in [5, 5.41) is 9.62. The molecule has 2 aliphatic rings. The van der Waals surface area contributed by atoms with E-state index in [1.807, 2.05) is 35.2 Å². The summed E-state index contributed by atoms with van der Waals surface area (Å²) < 4.78 is 0. The molecule has 7 heteroatoms. The normalized spacial score (nSPS) is 19.1. The van der Waals surface area contributed by atoms with Crippen LogP contribution < -0.4 is 4.90 Å². The van der Waals surface area contributed by atoms with Crippen LogP contribution in [0.2, 0.25) is 0 Å². The van der Waals surface area contributed by atoms with Crippen LogP contribution in [-0.4, -0.2) is 52.3 Å². The number of carbonyl (C=O) groups is 2. The minimum absolute atomic E-state index is 0.0372. The van der Waals surface area contributed by atoms with Gasteiger partial charge in [-0.15, -0.1) is 0 Å². The molecule has 2 fully saturated rings. The lowest BCUT2D eigenvalue weighted by molar-refractivity contribution is -0.134. The van der Waals surface area contributed by atoms with Crippen LogP contribution in [0.25, 0.3) is 0 Å². The second-order valence-electron chi connectivity index (χ2n) is 10.2. The molecule has 0 N–H and O–H groups in total. The molecule has 2 aromatic rings. The molecular formula is C27H33N5O2. The maximum Gasteiger partial charge on any atom is 0.251 e. The minimum atomic E-state index is -0.832. The summed E-state index contributed by atoms with van der Waals surface area (Å²) in [5.41, 5.74) is 2.44. The highest BCUT2D eigenvalue weighted by Gasteiger charge is 2.41. The first-order chi connectivity index (χ1) is 16.3. The maximum atomic E-state index is 14.1. The zero-order valence-electron chi connectivity index (χ0n) is 20.3. The molecule has 1 aromatic heterocycles. The molecule has 0 saturated carbocycles. The number of amides is 2. The largest absolute Gasteiger partial charge is 0.341 e. The summed E-state index contributed by atoms with van der Waals surface area (Å²) in [6.45, 7) is 8.36. The molecule has 0 spiro atoms. The zero-order chi connectivity index (χ0) is 24.3. The molecule has 7 nitrogen and oxygen atoms in total. The van der Waals surface area contributed by atoms with Gasteiger partial charge in [0, 0.05) is 43.3 Å². The molecule has 4 rings (SSSR count). The van der Waals surface area contributed by atoms with Crippen molar-refractivity contribution in [2.75, 3.05) is 24.5 Å². The van der Waals surface area contributed by atoms with E-state index in [0.717, 1.165) is 24.8 Å². The Balaban J connectivity index is 1.82. The third-order valence-corrected chi connectivity index (χ3v) is 6.83. The number of carbonyl (C=O) groups excluding carboxylic acids is 2. The Hall–Kier alpha value is -3.40. The van der Waals surface area contributed by atoms with Crippen molar-refractivity contribution in [3.05, 3.63) is 59.9 Å². The predicted molar refractivity (Wildman–Crippen MR) is 131 cm³/mol. The van der Waals surface area contributed by atoms with E-state index in [2.05, 4.69) is 31.9 Å². The second-order valence-corrected chi connectivity index (χ2v) is 10.2. The molecule has 1 aromatic carbocycles. The third-order valence-electron chi connectivity index (χ3n) is 6.83. The van der Waals surface area contributed by atoms with E-state index in [1.165, 1.54) is 0 Å². The third kappa shape index (κ3) is 4.77. The van der Waals surface area contributed by atoms with Gasteiger partial charge in [-0.3, -0.25) is 24.4 Å². The molecule has 2 atom stereocenters. The van der Waals surface area contributed by atoms with Crippen molar-refractivity contribution in [3.63, 3.8) is 0 Å². The quantitative estimate of drug-likeness (QED) is 0.631. The number of aromatic nitrogens is 1. The topological polar surface area (TPSA) is 80.5 Å². The van der Waals surface area contributed by atoms with Gasteiger partial charge in [0.25, 0.3) is 5.91 Å². The summed E-state index contributed by atoms with van der Waals surface area (Å²) in [6, 6.07) is 10.1. The standard InChI is InChI=1S/C27H33N5O2/c1-27(2,3)21-10-12-22(13-11-21)32(25(33)23-9-7-17-31(23)19-28)24(20-8-6-14-29-18-20)26(34)30-15-4-5-16-30/h6,8,10-14,18,23-24H,4-5,7,9,15-17H2,1-3H3/t23-,24?/m1/s1. The monoisotopic (exact) mass is 459 g/mol. The molecular weight excluding hydrogens is 426 g/mol. The molecule has 2 aliphatic heterocycles. The van der Waals surface area contributed by atoms with Crippen LogP contribution >= 0.6 is 0 Å². The van der Waals surface area contributed by atoms with Crippen LogP contribution in [-0.2, 0) is 15.0 Å². The summed E-state index contributed by atoms with van der Waals surface area (Å²) in [5.74, 6) is -0.316. The van der Waals surface area contributed by atoms with Crippen molar-refractivity contribution in [2.24, 2.45) is 0 Å². The van der Waals surface area contributed by atoms with E-state index in [9.17, 15) is 14.9 Å². The van der Waals surface area contributed by atoms with Gasteiger partial charge >= 0.3 is 0 Å². The SMILES string of the molecule is CC(C)(C)c1ccc(N(C(=O)[C@H]2CCCN2C#N)C(C(=O)N2CCCC2)c2cccnc2)cc1. The fourth-order valence-corrected chi connectivity index (χ4v) is 4.88. The van der Waals surface area contributed by atoms with Crippen LogP contribution in [0.4, 0.5) is 5.69 Å². The Morgan fingerprint density at radius 2 is 1.79 bits per heavy atom. The highest BCUT2D eigenvalue weighted by atomic mass is 16.2. The van der Waals surface area contributed by atoms with E-state index in [-0.39, 0.29) is 17.2 Å². The lowest BCUT2D eigenvalue weighted by Crippen LogP contribution is -2.50. The number of hydrogen-bond acceptors (Lipinski definition) is 5. The number of hydrogen-bond donors (Lipinski definition) is 0. The van der Waals surface area contributed by atoms with E-state index in [1.54, 1.807) is 28.3 Å². The number of pyridine rings is 1. The van der Waals surface area contributed by atoms with Gasteiger partial charge in [-0.25, -0.2) is 0 Å². The number of anilines is 1. The number of rotatable bonds is 5. The van der Waals surface area contributed by atoms with Crippen molar-refractivity contribution in [1.82, 2.24) is 14.8 Å². The fraction of sp³-hybridized carbons (Fsp3) is 0.481. The van der Waals surface area contributed by atoms with Gasteiger partial charge in [0.15, 0.2) is 6.19 Å². The van der Waals surface area contributed by atoms with E-state index in [0.29, 0.717) is 37.3 Å². The summed E-state index contributed by atoms with van der Waals surface area (Å²) >= 11 is 0. The first-order valence-electron chi connectivity index (χ1n) is 12.1. The van der Waals surface area contributed by atoms with Crippen LogP contribution in [0.3, 0.4) is 0 Å². The molecule has 2 amide bonds. The van der Waals surface area contributed by atoms with Crippen molar-refractivity contribution in [3.8, 4) is 6.19 Å². The molecule has 1 unspecified atom stereocenters. The van der Waals surface area contributed by atoms with Gasteiger partial charge in [0.2, 0.25) is 5.91 Å². The highest BCUT2D eigenvalue weighted by Crippen LogP contribution is 2.34. The molecule has 0 radical (unpaired) electrons. The Bertz CT molecular complexity index is 1050. The first-order valence-corrected chi connectivity index (χ1v) is 12.1. The zero-order valence-corrected chi connectivity index (χ0v) is 20.3. The van der Waals surface area contributed by atoms with E-state index >= 15 is 0 Å². The van der Waals surface area contributed by atoms with Crippen molar-refractivity contribution >= 4 is 17.5 Å². The van der Waals surface area contributed by atoms with Crippen LogP contribution in [0.15, 0.2) is 48.8 Å². The summed E-state index contributed by atoms with van der Waals surface area (Å²) in [7, 11) is 0. The number of nitrogens with zero attached hydrogens (tertiary/aromatic N) is 5. The maximum absolute atomic E-state index is 14.1. The molecule has 0 bridgehead atoms. The van der Waals surface area contributed by atoms with Crippen molar-refractivity contribution in [1.29, 1.82) is 5.26 Å². The molecule has 0 aliphatic carbocycles. The second kappa shape index (κ2) is 9.84. The summed E-state index contributed by atoms with van der Waals surface area (Å²) in [4.78, 5) is 37.2. The number of benzene rings is 1. The summed E-state index contributed by atoms with van der Waals surface area (Å²) in [6.07, 6.45) is 8.80. The fourth-order valence-electron chi connectivity index (χ4n) is 4.88. The van der Waals surface area contributed by atoms with Crippen LogP contribution in [0.5, 0.6) is 0 Å². The lowest BCUT2D eigenvalue weighted by atomic mass is 9.87. The van der Waals surface area contributed by atoms with Crippen molar-refractivity contribution in [2.45, 2.75) is 64.0 Å². The molecule has 178 valence electrons. The lowest BCUT2D eigenvalue weighted by Gasteiger charge is -2.36. The van der Waals surface area contributed by atoms with Gasteiger partial charge < -0.3 is 4.90 Å². The Morgan fingerprint density at radius 3 is 2.38 bits per heavy atom. The Labute approximate surface area is 202 Å². The van der Waals surface area contributed by atoms with Gasteiger partial charge in [0.05, 0.1) is 0 Å². The van der Waals surface area contributed by atoms with Gasteiger partial charge in [0.1, 0.15) is 12.1 Å². The van der Waals surface area contributed by atoms with Crippen LogP contribution in [0.1, 0.15) is 63.6 Å². The highest BCUT2D eigenvalue weighted by molar-refractivity contribution is 6.04. The van der Waals surface area contributed by atoms with E-state index < -0.39 is 12.1 Å². The molecule has 2 saturated heterocycles. The average Bonchev–Trinajstić information content (AvgIpc) is 3.54. The van der Waals surface area contributed by atoms with Gasteiger partial charge in [-0.05, 0) is 54.9 Å². The smallest absolute Gasteiger partial charge is 0.251 e. The van der Waals surface area contributed by atoms with Gasteiger partial charge in [-0.1, -0.05) is 39.0 Å². The van der Waals surface area contributed by atoms with Gasteiger partial charge in [-0.2, -0.15) is 5.26 Å². The number of likely N-dealkylation sites (tertiary alicyclic amines) is 2. The molecule has 3 heterocycles. The minimum Gasteiger partial charge on any atom is -0.341 e. The van der Waals surface area contributed by atoms with Crippen LogP contribution in [0, 0.1) is 11.5 Å². The Morgan fingerprint density at radius 1 is 1.09 bits per heavy atom. The van der Waals surface area contributed by atoms with Crippen molar-refractivity contribution < 1.29 is 9.59 Å². The number of nitriles is 1. The Kier molecular flexibility index (Phi) is 6.87. The predicted octanol–water partition coefficient (Wildman–Crippen LogP) is 4.02. The molecule has 34 heavy (non-hydrogen) atoms. The van der Waals surface area contributed by atoms with E-state index in [4.69, 9.17) is 0 Å². The average molecular weight is 460 g/mol.